The van der Waals surface area contributed by atoms with Crippen LogP contribution in [0.2, 0.25) is 0 Å². The minimum atomic E-state index is -0.582. The Morgan fingerprint density at radius 1 is 1.04 bits per heavy atom. The van der Waals surface area contributed by atoms with Crippen LogP contribution < -0.4 is 10.6 Å². The molecule has 9 heteroatoms. The summed E-state index contributed by atoms with van der Waals surface area (Å²) < 4.78 is 0. The van der Waals surface area contributed by atoms with Crippen LogP contribution in [0.4, 0.5) is 22.7 Å². The molecule has 1 aliphatic rings. The number of hydrogen-bond donors (Lipinski definition) is 2. The highest BCUT2D eigenvalue weighted by Gasteiger charge is 2.25. The van der Waals surface area contributed by atoms with Crippen molar-refractivity contribution in [3.8, 4) is 0 Å². The minimum absolute atomic E-state index is 0.0968. The highest BCUT2D eigenvalue weighted by molar-refractivity contribution is 6.05. The van der Waals surface area contributed by atoms with Crippen LogP contribution in [0.15, 0.2) is 42.5 Å². The first-order valence-electron chi connectivity index (χ1n) is 7.55. The summed E-state index contributed by atoms with van der Waals surface area (Å²) in [7, 11) is 0. The zero-order chi connectivity index (χ0) is 18.0. The summed E-state index contributed by atoms with van der Waals surface area (Å²) >= 11 is 0. The standard InChI is InChI=1S/C16H14N4O5/c21-16(18-12-2-1-3-13(9-12)19(22)23)10-4-7-14(17-11-5-6-11)15(8-10)20(24)25/h1-4,7-9,11,17H,5-6H2,(H,18,21). The van der Waals surface area contributed by atoms with Gasteiger partial charge in [-0.15, -0.1) is 0 Å². The van der Waals surface area contributed by atoms with E-state index in [0.29, 0.717) is 5.69 Å². The lowest BCUT2D eigenvalue weighted by Crippen LogP contribution is -2.13. The number of carbonyl (C=O) groups excluding carboxylic acids is 1. The summed E-state index contributed by atoms with van der Waals surface area (Å²) in [6.45, 7) is 0. The summed E-state index contributed by atoms with van der Waals surface area (Å²) in [5.74, 6) is -0.582. The van der Waals surface area contributed by atoms with Gasteiger partial charge in [-0.25, -0.2) is 0 Å². The van der Waals surface area contributed by atoms with E-state index in [2.05, 4.69) is 10.6 Å². The van der Waals surface area contributed by atoms with Gasteiger partial charge in [-0.2, -0.15) is 0 Å². The Balaban J connectivity index is 1.81. The van der Waals surface area contributed by atoms with E-state index in [4.69, 9.17) is 0 Å². The quantitative estimate of drug-likeness (QED) is 0.612. The molecule has 25 heavy (non-hydrogen) atoms. The molecule has 2 aromatic rings. The van der Waals surface area contributed by atoms with Gasteiger partial charge in [0.15, 0.2) is 0 Å². The van der Waals surface area contributed by atoms with Crippen LogP contribution in [0.1, 0.15) is 23.2 Å². The number of nitro benzene ring substituents is 2. The Bertz CT molecular complexity index is 863. The lowest BCUT2D eigenvalue weighted by molar-refractivity contribution is -0.384. The molecule has 3 rings (SSSR count). The number of rotatable bonds is 6. The number of nitrogens with zero attached hydrogens (tertiary/aromatic N) is 2. The van der Waals surface area contributed by atoms with E-state index < -0.39 is 15.8 Å². The Morgan fingerprint density at radius 3 is 2.44 bits per heavy atom. The first-order valence-corrected chi connectivity index (χ1v) is 7.55. The summed E-state index contributed by atoms with van der Waals surface area (Å²) in [6, 6.07) is 9.87. The number of non-ortho nitro benzene ring substituents is 1. The number of hydrogen-bond acceptors (Lipinski definition) is 6. The van der Waals surface area contributed by atoms with Crippen molar-refractivity contribution in [2.24, 2.45) is 0 Å². The molecule has 1 fully saturated rings. The van der Waals surface area contributed by atoms with Crippen LogP contribution in [0, 0.1) is 20.2 Å². The van der Waals surface area contributed by atoms with Crippen LogP contribution in [0.25, 0.3) is 0 Å². The van der Waals surface area contributed by atoms with E-state index in [1.807, 2.05) is 0 Å². The largest absolute Gasteiger partial charge is 0.377 e. The fraction of sp³-hybridized carbons (Fsp3) is 0.188. The van der Waals surface area contributed by atoms with Gasteiger partial charge in [0.05, 0.1) is 9.85 Å². The average molecular weight is 342 g/mol. The summed E-state index contributed by atoms with van der Waals surface area (Å²) in [5, 5.41) is 27.6. The van der Waals surface area contributed by atoms with Gasteiger partial charge in [-0.1, -0.05) is 6.07 Å². The summed E-state index contributed by atoms with van der Waals surface area (Å²) in [4.78, 5) is 33.2. The molecule has 2 N–H and O–H groups in total. The van der Waals surface area contributed by atoms with Crippen molar-refractivity contribution in [3.63, 3.8) is 0 Å². The van der Waals surface area contributed by atoms with Gasteiger partial charge in [-0.05, 0) is 31.0 Å². The van der Waals surface area contributed by atoms with Crippen molar-refractivity contribution in [2.75, 3.05) is 10.6 Å². The number of nitro groups is 2. The monoisotopic (exact) mass is 342 g/mol. The Morgan fingerprint density at radius 2 is 1.80 bits per heavy atom. The van der Waals surface area contributed by atoms with Crippen LogP contribution in [-0.2, 0) is 0 Å². The third kappa shape index (κ3) is 3.89. The van der Waals surface area contributed by atoms with Crippen LogP contribution in [-0.4, -0.2) is 21.8 Å². The van der Waals surface area contributed by atoms with Crippen LogP contribution in [0.3, 0.4) is 0 Å². The van der Waals surface area contributed by atoms with Crippen molar-refractivity contribution < 1.29 is 14.6 Å². The maximum absolute atomic E-state index is 12.3. The second-order valence-electron chi connectivity index (χ2n) is 5.67. The lowest BCUT2D eigenvalue weighted by atomic mass is 10.1. The smallest absolute Gasteiger partial charge is 0.293 e. The molecular weight excluding hydrogens is 328 g/mol. The van der Waals surface area contributed by atoms with Gasteiger partial charge in [0.2, 0.25) is 0 Å². The molecule has 0 spiro atoms. The SMILES string of the molecule is O=C(Nc1cccc([N+](=O)[O-])c1)c1ccc(NC2CC2)c([N+](=O)[O-])c1. The topological polar surface area (TPSA) is 127 Å². The zero-order valence-electron chi connectivity index (χ0n) is 13.0. The highest BCUT2D eigenvalue weighted by atomic mass is 16.6. The number of nitrogens with one attached hydrogen (secondary N) is 2. The maximum atomic E-state index is 12.3. The molecule has 2 aromatic carbocycles. The lowest BCUT2D eigenvalue weighted by Gasteiger charge is -2.08. The highest BCUT2D eigenvalue weighted by Crippen LogP contribution is 2.31. The first-order chi connectivity index (χ1) is 11.9. The average Bonchev–Trinajstić information content (AvgIpc) is 3.39. The van der Waals surface area contributed by atoms with E-state index in [1.54, 1.807) is 0 Å². The van der Waals surface area contributed by atoms with Gasteiger partial charge < -0.3 is 10.6 Å². The van der Waals surface area contributed by atoms with Gasteiger partial charge in [0, 0.05) is 35.5 Å². The van der Waals surface area contributed by atoms with Crippen molar-refractivity contribution in [1.29, 1.82) is 0 Å². The van der Waals surface area contributed by atoms with Gasteiger partial charge in [0.25, 0.3) is 17.3 Å². The Labute approximate surface area is 142 Å². The second kappa shape index (κ2) is 6.56. The van der Waals surface area contributed by atoms with Crippen LogP contribution in [0.5, 0.6) is 0 Å². The van der Waals surface area contributed by atoms with E-state index in [0.717, 1.165) is 12.8 Å². The molecule has 0 radical (unpaired) electrons. The Hall–Kier alpha value is -3.49. The fourth-order valence-electron chi connectivity index (χ4n) is 2.29. The molecule has 0 saturated heterocycles. The van der Waals surface area contributed by atoms with Crippen molar-refractivity contribution >= 4 is 28.7 Å². The van der Waals surface area contributed by atoms with E-state index >= 15 is 0 Å². The van der Waals surface area contributed by atoms with Crippen molar-refractivity contribution in [3.05, 3.63) is 68.3 Å². The molecule has 9 nitrogen and oxygen atoms in total. The maximum Gasteiger partial charge on any atom is 0.293 e. The van der Waals surface area contributed by atoms with Gasteiger partial charge >= 0.3 is 0 Å². The van der Waals surface area contributed by atoms with E-state index in [1.165, 1.54) is 42.5 Å². The minimum Gasteiger partial charge on any atom is -0.377 e. The van der Waals surface area contributed by atoms with E-state index in [9.17, 15) is 25.0 Å². The summed E-state index contributed by atoms with van der Waals surface area (Å²) in [5.41, 5.74) is 0.368. The molecule has 0 unspecified atom stereocenters. The predicted molar refractivity (Wildman–Crippen MR) is 90.8 cm³/mol. The molecule has 128 valence electrons. The van der Waals surface area contributed by atoms with E-state index in [-0.39, 0.29) is 28.7 Å². The number of benzene rings is 2. The number of carbonyl (C=O) groups is 1. The molecular formula is C16H14N4O5. The zero-order valence-corrected chi connectivity index (χ0v) is 13.0. The molecule has 1 saturated carbocycles. The van der Waals surface area contributed by atoms with Crippen molar-refractivity contribution in [1.82, 2.24) is 0 Å². The van der Waals surface area contributed by atoms with Gasteiger partial charge in [0.1, 0.15) is 5.69 Å². The second-order valence-corrected chi connectivity index (χ2v) is 5.67. The van der Waals surface area contributed by atoms with Crippen molar-refractivity contribution in [2.45, 2.75) is 18.9 Å². The third-order valence-corrected chi connectivity index (χ3v) is 3.71. The molecule has 0 aliphatic heterocycles. The molecule has 1 amide bonds. The predicted octanol–water partition coefficient (Wildman–Crippen LogP) is 3.33. The molecule has 1 aliphatic carbocycles. The summed E-state index contributed by atoms with van der Waals surface area (Å²) in [6.07, 6.45) is 1.93. The molecule has 0 bridgehead atoms. The Kier molecular flexibility index (Phi) is 4.29. The first kappa shape index (κ1) is 16.4. The molecule has 0 aromatic heterocycles. The number of amides is 1. The van der Waals surface area contributed by atoms with Crippen LogP contribution >= 0.6 is 0 Å². The van der Waals surface area contributed by atoms with Gasteiger partial charge in [-0.3, -0.25) is 25.0 Å². The normalized spacial score (nSPS) is 13.1. The number of anilines is 2. The fourth-order valence-corrected chi connectivity index (χ4v) is 2.29. The molecule has 0 atom stereocenters. The molecule has 0 heterocycles. The third-order valence-electron chi connectivity index (χ3n) is 3.71.